The van der Waals surface area contributed by atoms with E-state index in [1.165, 1.54) is 0 Å². The molecule has 0 atom stereocenters. The first-order valence-electron chi connectivity index (χ1n) is 7.79. The van der Waals surface area contributed by atoms with E-state index < -0.39 is 11.6 Å². The number of rotatable bonds is 3. The average Bonchev–Trinajstić information content (AvgIpc) is 3.04. The number of nitrogens with one attached hydrogen (secondary N) is 2. The second kappa shape index (κ2) is 5.63. The summed E-state index contributed by atoms with van der Waals surface area (Å²) in [5.74, 6) is -0.602. The Bertz CT molecular complexity index is 453. The normalized spacial score (nSPS) is 25.4. The van der Waals surface area contributed by atoms with Crippen LogP contribution in [0.3, 0.4) is 0 Å². The SMILES string of the molecule is O=C(CN1CCCC1)NN1C(=O)NC2(CCCCC2)C1=O. The zero-order valence-electron chi connectivity index (χ0n) is 12.2. The van der Waals surface area contributed by atoms with Gasteiger partial charge in [0.25, 0.3) is 11.8 Å². The number of amides is 4. The largest absolute Gasteiger partial charge is 0.344 e. The highest BCUT2D eigenvalue weighted by atomic mass is 16.2. The van der Waals surface area contributed by atoms with Gasteiger partial charge in [-0.25, -0.2) is 4.79 Å². The fourth-order valence-electron chi connectivity index (χ4n) is 3.52. The van der Waals surface area contributed by atoms with Crippen LogP contribution in [-0.2, 0) is 9.59 Å². The zero-order chi connectivity index (χ0) is 14.9. The number of carbonyl (C=O) groups excluding carboxylic acids is 3. The second-order valence-electron chi connectivity index (χ2n) is 6.23. The van der Waals surface area contributed by atoms with Gasteiger partial charge >= 0.3 is 6.03 Å². The molecule has 3 rings (SSSR count). The Balaban J connectivity index is 1.61. The van der Waals surface area contributed by atoms with E-state index in [1.54, 1.807) is 0 Å². The van der Waals surface area contributed by atoms with Crippen LogP contribution in [-0.4, -0.2) is 52.9 Å². The molecule has 3 aliphatic rings. The van der Waals surface area contributed by atoms with Crippen molar-refractivity contribution >= 4 is 17.8 Å². The van der Waals surface area contributed by atoms with Crippen molar-refractivity contribution in [3.05, 3.63) is 0 Å². The molecular formula is C14H22N4O3. The molecule has 1 saturated carbocycles. The third-order valence-electron chi connectivity index (χ3n) is 4.67. The monoisotopic (exact) mass is 294 g/mol. The van der Waals surface area contributed by atoms with Crippen LogP contribution in [0.4, 0.5) is 4.79 Å². The first-order chi connectivity index (χ1) is 10.1. The lowest BCUT2D eigenvalue weighted by molar-refractivity contribution is -0.140. The van der Waals surface area contributed by atoms with Crippen molar-refractivity contribution in [2.75, 3.05) is 19.6 Å². The number of nitrogens with zero attached hydrogens (tertiary/aromatic N) is 2. The Hall–Kier alpha value is -1.63. The molecule has 0 aromatic rings. The summed E-state index contributed by atoms with van der Waals surface area (Å²) in [6.45, 7) is 2.04. The van der Waals surface area contributed by atoms with Crippen molar-refractivity contribution in [3.8, 4) is 0 Å². The number of imide groups is 1. The highest BCUT2D eigenvalue weighted by Crippen LogP contribution is 2.32. The lowest BCUT2D eigenvalue weighted by Gasteiger charge is -2.30. The molecular weight excluding hydrogens is 272 g/mol. The Labute approximate surface area is 124 Å². The van der Waals surface area contributed by atoms with Crippen molar-refractivity contribution in [3.63, 3.8) is 0 Å². The molecule has 21 heavy (non-hydrogen) atoms. The van der Waals surface area contributed by atoms with Gasteiger partial charge in [-0.3, -0.25) is 19.9 Å². The van der Waals surface area contributed by atoms with Gasteiger partial charge in [0.05, 0.1) is 6.54 Å². The minimum Gasteiger partial charge on any atom is -0.322 e. The van der Waals surface area contributed by atoms with E-state index in [-0.39, 0.29) is 18.4 Å². The third kappa shape index (κ3) is 2.74. The summed E-state index contributed by atoms with van der Waals surface area (Å²) in [5.41, 5.74) is 1.69. The quantitative estimate of drug-likeness (QED) is 0.737. The van der Waals surface area contributed by atoms with Gasteiger partial charge in [-0.2, -0.15) is 5.01 Å². The number of hydrogen-bond donors (Lipinski definition) is 2. The highest BCUT2D eigenvalue weighted by molar-refractivity contribution is 6.08. The smallest absolute Gasteiger partial charge is 0.322 e. The summed E-state index contributed by atoms with van der Waals surface area (Å²) >= 11 is 0. The van der Waals surface area contributed by atoms with Crippen LogP contribution in [0.15, 0.2) is 0 Å². The van der Waals surface area contributed by atoms with E-state index in [4.69, 9.17) is 0 Å². The molecule has 4 amide bonds. The maximum absolute atomic E-state index is 12.5. The van der Waals surface area contributed by atoms with Crippen LogP contribution in [0.5, 0.6) is 0 Å². The fraction of sp³-hybridized carbons (Fsp3) is 0.786. The molecule has 0 radical (unpaired) electrons. The van der Waals surface area contributed by atoms with Gasteiger partial charge in [-0.15, -0.1) is 0 Å². The van der Waals surface area contributed by atoms with Gasteiger partial charge < -0.3 is 5.32 Å². The summed E-state index contributed by atoms with van der Waals surface area (Å²) < 4.78 is 0. The van der Waals surface area contributed by atoms with Gasteiger partial charge in [0.2, 0.25) is 0 Å². The summed E-state index contributed by atoms with van der Waals surface area (Å²) in [5, 5.41) is 3.66. The maximum Gasteiger partial charge on any atom is 0.344 e. The van der Waals surface area contributed by atoms with Gasteiger partial charge in [-0.1, -0.05) is 19.3 Å². The van der Waals surface area contributed by atoms with E-state index >= 15 is 0 Å². The summed E-state index contributed by atoms with van der Waals surface area (Å²) in [6.07, 6.45) is 6.47. The van der Waals surface area contributed by atoms with E-state index in [2.05, 4.69) is 10.7 Å². The molecule has 2 N–H and O–H groups in total. The molecule has 1 spiro atoms. The molecule has 0 bridgehead atoms. The summed E-state index contributed by atoms with van der Waals surface area (Å²) in [6, 6.07) is -0.503. The second-order valence-corrected chi connectivity index (χ2v) is 6.23. The molecule has 116 valence electrons. The maximum atomic E-state index is 12.5. The molecule has 0 aromatic heterocycles. The van der Waals surface area contributed by atoms with Crippen LogP contribution >= 0.6 is 0 Å². The summed E-state index contributed by atoms with van der Waals surface area (Å²) in [7, 11) is 0. The Morgan fingerprint density at radius 3 is 2.43 bits per heavy atom. The van der Waals surface area contributed by atoms with Crippen molar-refractivity contribution in [2.45, 2.75) is 50.5 Å². The number of urea groups is 1. The standard InChI is InChI=1S/C14H22N4O3/c19-11(10-17-8-4-5-9-17)16-18-12(20)14(15-13(18)21)6-2-1-3-7-14/h1-10H2,(H,15,21)(H,16,19). The molecule has 0 unspecified atom stereocenters. The van der Waals surface area contributed by atoms with Gasteiger partial charge in [0.1, 0.15) is 5.54 Å². The van der Waals surface area contributed by atoms with Gasteiger partial charge in [0, 0.05) is 0 Å². The fourth-order valence-corrected chi connectivity index (χ4v) is 3.52. The number of carbonyl (C=O) groups is 3. The number of likely N-dealkylation sites (tertiary alicyclic amines) is 1. The number of hydrazine groups is 1. The van der Waals surface area contributed by atoms with E-state index in [1.807, 2.05) is 4.90 Å². The average molecular weight is 294 g/mol. The van der Waals surface area contributed by atoms with Crippen LogP contribution < -0.4 is 10.7 Å². The number of hydrogen-bond acceptors (Lipinski definition) is 4. The predicted octanol–water partition coefficient (Wildman–Crippen LogP) is 0.368. The molecule has 2 aliphatic heterocycles. The van der Waals surface area contributed by atoms with Crippen LogP contribution in [0.2, 0.25) is 0 Å². The predicted molar refractivity (Wildman–Crippen MR) is 75.0 cm³/mol. The van der Waals surface area contributed by atoms with Crippen molar-refractivity contribution in [1.82, 2.24) is 20.7 Å². The molecule has 3 fully saturated rings. The zero-order valence-corrected chi connectivity index (χ0v) is 12.2. The molecule has 2 heterocycles. The third-order valence-corrected chi connectivity index (χ3v) is 4.67. The highest BCUT2D eigenvalue weighted by Gasteiger charge is 2.52. The lowest BCUT2D eigenvalue weighted by Crippen LogP contribution is -2.52. The molecule has 0 aromatic carbocycles. The minimum absolute atomic E-state index is 0.240. The Kier molecular flexibility index (Phi) is 3.84. The van der Waals surface area contributed by atoms with E-state index in [9.17, 15) is 14.4 Å². The van der Waals surface area contributed by atoms with Gasteiger partial charge in [0.15, 0.2) is 0 Å². The van der Waals surface area contributed by atoms with Crippen molar-refractivity contribution in [1.29, 1.82) is 0 Å². The molecule has 2 saturated heterocycles. The van der Waals surface area contributed by atoms with E-state index in [0.29, 0.717) is 12.8 Å². The summed E-state index contributed by atoms with van der Waals surface area (Å²) in [4.78, 5) is 38.5. The first kappa shape index (κ1) is 14.3. The minimum atomic E-state index is -0.781. The topological polar surface area (TPSA) is 81.8 Å². The Morgan fingerprint density at radius 1 is 1.10 bits per heavy atom. The first-order valence-corrected chi connectivity index (χ1v) is 7.79. The van der Waals surface area contributed by atoms with Crippen molar-refractivity contribution in [2.24, 2.45) is 0 Å². The van der Waals surface area contributed by atoms with E-state index in [0.717, 1.165) is 50.2 Å². The van der Waals surface area contributed by atoms with Crippen molar-refractivity contribution < 1.29 is 14.4 Å². The molecule has 7 heteroatoms. The lowest BCUT2D eigenvalue weighted by atomic mass is 9.82. The van der Waals surface area contributed by atoms with Gasteiger partial charge in [-0.05, 0) is 38.8 Å². The van der Waals surface area contributed by atoms with Crippen LogP contribution in [0.1, 0.15) is 44.9 Å². The molecule has 1 aliphatic carbocycles. The molecule has 7 nitrogen and oxygen atoms in total. The van der Waals surface area contributed by atoms with Crippen LogP contribution in [0.25, 0.3) is 0 Å². The van der Waals surface area contributed by atoms with Crippen LogP contribution in [0, 0.1) is 0 Å². The Morgan fingerprint density at radius 2 is 1.76 bits per heavy atom.